The summed E-state index contributed by atoms with van der Waals surface area (Å²) < 4.78 is 4.98. The molecule has 0 saturated carbocycles. The molecule has 1 heterocycles. The second kappa shape index (κ2) is 5.69. The van der Waals surface area contributed by atoms with Gasteiger partial charge in [0.15, 0.2) is 5.76 Å². The molecule has 102 valence electrons. The zero-order chi connectivity index (χ0) is 13.8. The van der Waals surface area contributed by atoms with E-state index in [2.05, 4.69) is 10.5 Å². The van der Waals surface area contributed by atoms with Crippen molar-refractivity contribution in [1.29, 1.82) is 0 Å². The van der Waals surface area contributed by atoms with Crippen molar-refractivity contribution >= 4 is 11.9 Å². The van der Waals surface area contributed by atoms with Crippen LogP contribution < -0.4 is 5.32 Å². The molecule has 0 aliphatic heterocycles. The maximum Gasteiger partial charge on any atom is 0.307 e. The molecule has 0 spiro atoms. The van der Waals surface area contributed by atoms with E-state index in [1.807, 2.05) is 12.2 Å². The van der Waals surface area contributed by atoms with Crippen molar-refractivity contribution in [3.63, 3.8) is 0 Å². The number of aliphatic carboxylic acids is 1. The Kier molecular flexibility index (Phi) is 3.99. The molecule has 0 fully saturated rings. The SMILES string of the molecule is Cc1cc(CNC(=O)[C@@H]2CC=CC[C@@H]2C(=O)O)on1. The Balaban J connectivity index is 1.95. The van der Waals surface area contributed by atoms with E-state index in [0.29, 0.717) is 18.6 Å². The summed E-state index contributed by atoms with van der Waals surface area (Å²) in [5.41, 5.74) is 0.744. The fourth-order valence-corrected chi connectivity index (χ4v) is 2.18. The van der Waals surface area contributed by atoms with Crippen LogP contribution in [0.3, 0.4) is 0 Å². The van der Waals surface area contributed by atoms with Crippen LogP contribution in [0.5, 0.6) is 0 Å². The number of rotatable bonds is 4. The zero-order valence-corrected chi connectivity index (χ0v) is 10.6. The van der Waals surface area contributed by atoms with Gasteiger partial charge in [0.1, 0.15) is 0 Å². The Labute approximate surface area is 110 Å². The Bertz CT molecular complexity index is 506. The van der Waals surface area contributed by atoms with E-state index in [1.165, 1.54) is 0 Å². The van der Waals surface area contributed by atoms with Crippen LogP contribution in [0.1, 0.15) is 24.3 Å². The molecule has 1 amide bonds. The van der Waals surface area contributed by atoms with Crippen LogP contribution in [0.15, 0.2) is 22.7 Å². The number of carboxylic acids is 1. The van der Waals surface area contributed by atoms with Crippen molar-refractivity contribution in [1.82, 2.24) is 10.5 Å². The summed E-state index contributed by atoms with van der Waals surface area (Å²) >= 11 is 0. The van der Waals surface area contributed by atoms with Crippen molar-refractivity contribution in [2.75, 3.05) is 0 Å². The second-order valence-electron chi connectivity index (χ2n) is 4.65. The van der Waals surface area contributed by atoms with Gasteiger partial charge < -0.3 is 14.9 Å². The summed E-state index contributed by atoms with van der Waals surface area (Å²) in [4.78, 5) is 23.1. The second-order valence-corrected chi connectivity index (χ2v) is 4.65. The van der Waals surface area contributed by atoms with Crippen molar-refractivity contribution in [3.05, 3.63) is 29.7 Å². The van der Waals surface area contributed by atoms with Gasteiger partial charge in [-0.25, -0.2) is 0 Å². The zero-order valence-electron chi connectivity index (χ0n) is 10.6. The minimum atomic E-state index is -0.931. The summed E-state index contributed by atoms with van der Waals surface area (Å²) in [5.74, 6) is -1.80. The number of nitrogens with zero attached hydrogens (tertiary/aromatic N) is 1. The first-order valence-electron chi connectivity index (χ1n) is 6.15. The van der Waals surface area contributed by atoms with E-state index in [1.54, 1.807) is 13.0 Å². The smallest absolute Gasteiger partial charge is 0.307 e. The lowest BCUT2D eigenvalue weighted by molar-refractivity contribution is -0.147. The van der Waals surface area contributed by atoms with E-state index in [4.69, 9.17) is 9.63 Å². The lowest BCUT2D eigenvalue weighted by Gasteiger charge is -2.23. The molecule has 19 heavy (non-hydrogen) atoms. The number of nitrogens with one attached hydrogen (secondary N) is 1. The first-order valence-corrected chi connectivity index (χ1v) is 6.15. The number of carbonyl (C=O) groups is 2. The minimum Gasteiger partial charge on any atom is -0.481 e. The molecule has 2 rings (SSSR count). The van der Waals surface area contributed by atoms with Gasteiger partial charge in [-0.15, -0.1) is 0 Å². The average Bonchev–Trinajstić information content (AvgIpc) is 2.81. The number of carbonyl (C=O) groups excluding carboxylic acids is 1. The van der Waals surface area contributed by atoms with E-state index in [-0.39, 0.29) is 12.5 Å². The largest absolute Gasteiger partial charge is 0.481 e. The third-order valence-electron chi connectivity index (χ3n) is 3.20. The van der Waals surface area contributed by atoms with Gasteiger partial charge in [0.25, 0.3) is 0 Å². The maximum atomic E-state index is 12.0. The molecule has 0 aromatic carbocycles. The van der Waals surface area contributed by atoms with Crippen LogP contribution >= 0.6 is 0 Å². The van der Waals surface area contributed by atoms with Gasteiger partial charge in [-0.1, -0.05) is 17.3 Å². The Hall–Kier alpha value is -2.11. The van der Waals surface area contributed by atoms with E-state index < -0.39 is 17.8 Å². The number of hydrogen-bond donors (Lipinski definition) is 2. The molecule has 6 heteroatoms. The van der Waals surface area contributed by atoms with Gasteiger partial charge in [-0.3, -0.25) is 9.59 Å². The Morgan fingerprint density at radius 3 is 2.68 bits per heavy atom. The van der Waals surface area contributed by atoms with Crippen LogP contribution in [0.4, 0.5) is 0 Å². The van der Waals surface area contributed by atoms with Gasteiger partial charge in [-0.2, -0.15) is 0 Å². The van der Waals surface area contributed by atoms with E-state index in [0.717, 1.165) is 5.69 Å². The molecular formula is C13H16N2O4. The fourth-order valence-electron chi connectivity index (χ4n) is 2.18. The molecule has 0 unspecified atom stereocenters. The monoisotopic (exact) mass is 264 g/mol. The van der Waals surface area contributed by atoms with Crippen molar-refractivity contribution < 1.29 is 19.2 Å². The predicted octanol–water partition coefficient (Wildman–Crippen LogP) is 1.27. The highest BCUT2D eigenvalue weighted by Crippen LogP contribution is 2.26. The Morgan fingerprint density at radius 2 is 2.11 bits per heavy atom. The third-order valence-corrected chi connectivity index (χ3v) is 3.20. The molecule has 6 nitrogen and oxygen atoms in total. The normalized spacial score (nSPS) is 22.2. The number of aromatic nitrogens is 1. The molecule has 1 aliphatic carbocycles. The predicted molar refractivity (Wildman–Crippen MR) is 66.1 cm³/mol. The van der Waals surface area contributed by atoms with Crippen molar-refractivity contribution in [3.8, 4) is 0 Å². The quantitative estimate of drug-likeness (QED) is 0.799. The highest BCUT2D eigenvalue weighted by molar-refractivity contribution is 5.85. The summed E-state index contributed by atoms with van der Waals surface area (Å²) in [7, 11) is 0. The number of carboxylic acid groups (broad SMARTS) is 1. The van der Waals surface area contributed by atoms with Gasteiger partial charge in [0.05, 0.1) is 24.1 Å². The van der Waals surface area contributed by atoms with Crippen LogP contribution in [0.25, 0.3) is 0 Å². The molecule has 1 aliphatic rings. The topological polar surface area (TPSA) is 92.4 Å². The molecule has 1 aromatic heterocycles. The first kappa shape index (κ1) is 13.3. The van der Waals surface area contributed by atoms with Gasteiger partial charge in [0.2, 0.25) is 5.91 Å². The fraction of sp³-hybridized carbons (Fsp3) is 0.462. The van der Waals surface area contributed by atoms with Gasteiger partial charge >= 0.3 is 5.97 Å². The summed E-state index contributed by atoms with van der Waals surface area (Å²) in [6, 6.07) is 1.73. The van der Waals surface area contributed by atoms with Crippen molar-refractivity contribution in [2.24, 2.45) is 11.8 Å². The molecule has 1 aromatic rings. The van der Waals surface area contributed by atoms with Crippen molar-refractivity contribution in [2.45, 2.75) is 26.3 Å². The number of allylic oxidation sites excluding steroid dienone is 2. The van der Waals surface area contributed by atoms with E-state index >= 15 is 0 Å². The summed E-state index contributed by atoms with van der Waals surface area (Å²) in [6.07, 6.45) is 4.51. The maximum absolute atomic E-state index is 12.0. The highest BCUT2D eigenvalue weighted by Gasteiger charge is 2.33. The molecule has 2 N–H and O–H groups in total. The van der Waals surface area contributed by atoms with Crippen LogP contribution in [0.2, 0.25) is 0 Å². The lowest BCUT2D eigenvalue weighted by Crippen LogP contribution is -2.38. The third kappa shape index (κ3) is 3.21. The molecule has 0 bridgehead atoms. The Morgan fingerprint density at radius 1 is 1.42 bits per heavy atom. The summed E-state index contributed by atoms with van der Waals surface area (Å²) in [6.45, 7) is 2.02. The molecular weight excluding hydrogens is 248 g/mol. The molecule has 0 radical (unpaired) electrons. The average molecular weight is 264 g/mol. The first-order chi connectivity index (χ1) is 9.08. The van der Waals surface area contributed by atoms with E-state index in [9.17, 15) is 9.59 Å². The number of amides is 1. The number of aryl methyl sites for hydroxylation is 1. The molecule has 2 atom stereocenters. The highest BCUT2D eigenvalue weighted by atomic mass is 16.5. The van der Waals surface area contributed by atoms with Crippen LogP contribution in [-0.2, 0) is 16.1 Å². The number of hydrogen-bond acceptors (Lipinski definition) is 4. The van der Waals surface area contributed by atoms with Gasteiger partial charge in [0, 0.05) is 6.07 Å². The summed E-state index contributed by atoms with van der Waals surface area (Å²) in [5, 5.41) is 15.5. The van der Waals surface area contributed by atoms with Crippen LogP contribution in [0, 0.1) is 18.8 Å². The standard InChI is InChI=1S/C13H16N2O4/c1-8-6-9(19-15-8)7-14-12(16)10-4-2-3-5-11(10)13(17)18/h2-3,6,10-11H,4-5,7H2,1H3,(H,14,16)(H,17,18)/t10-,11+/m1/s1. The van der Waals surface area contributed by atoms with Crippen LogP contribution in [-0.4, -0.2) is 22.1 Å². The molecule has 0 saturated heterocycles. The lowest BCUT2D eigenvalue weighted by atomic mass is 9.82. The minimum absolute atomic E-state index is 0.228. The van der Waals surface area contributed by atoms with Gasteiger partial charge in [-0.05, 0) is 19.8 Å².